The maximum absolute atomic E-state index is 10.8. The number of phenolic OH excluding ortho intramolecular Hbond substituents is 1. The minimum absolute atomic E-state index is 0.336. The number of hydrogen-bond donors (Lipinski definition) is 1. The number of ether oxygens (including phenoxy) is 1. The fourth-order valence-electron chi connectivity index (χ4n) is 3.42. The normalized spacial score (nSPS) is 10.4. The Morgan fingerprint density at radius 2 is 1.62 bits per heavy atom. The standard InChI is InChI=1S/C27H22O2/c1-29-25-12-6-11-21(18-25)9-5-10-22-13-14-23-15-16-24(27(28)26(23)19-22)17-20-7-3-2-4-8-20/h2-4,6-8,11-16,18-19,28H,9,17H2,1H3. The highest BCUT2D eigenvalue weighted by Gasteiger charge is 2.08. The molecule has 29 heavy (non-hydrogen) atoms. The Morgan fingerprint density at radius 3 is 2.45 bits per heavy atom. The van der Waals surface area contributed by atoms with Crippen molar-refractivity contribution in [3.8, 4) is 23.3 Å². The molecule has 1 N–H and O–H groups in total. The minimum Gasteiger partial charge on any atom is -0.507 e. The second-order valence-electron chi connectivity index (χ2n) is 7.00. The van der Waals surface area contributed by atoms with Gasteiger partial charge in [-0.15, -0.1) is 0 Å². The van der Waals surface area contributed by atoms with E-state index >= 15 is 0 Å². The van der Waals surface area contributed by atoms with E-state index in [-0.39, 0.29) is 0 Å². The zero-order valence-electron chi connectivity index (χ0n) is 16.4. The van der Waals surface area contributed by atoms with Crippen LogP contribution >= 0.6 is 0 Å². The molecule has 4 aromatic rings. The molecule has 0 fully saturated rings. The minimum atomic E-state index is 0.336. The molecule has 0 atom stereocenters. The van der Waals surface area contributed by atoms with Crippen LogP contribution in [-0.2, 0) is 12.8 Å². The molecular weight excluding hydrogens is 356 g/mol. The van der Waals surface area contributed by atoms with Crippen molar-refractivity contribution in [3.63, 3.8) is 0 Å². The average Bonchev–Trinajstić information content (AvgIpc) is 2.77. The smallest absolute Gasteiger partial charge is 0.126 e. The van der Waals surface area contributed by atoms with Gasteiger partial charge in [0.1, 0.15) is 11.5 Å². The van der Waals surface area contributed by atoms with Gasteiger partial charge in [0.05, 0.1) is 7.11 Å². The van der Waals surface area contributed by atoms with Crippen LogP contribution < -0.4 is 4.74 Å². The SMILES string of the molecule is COc1cccc(CC#Cc2ccc3ccc(Cc4ccccc4)c(O)c3c2)c1. The van der Waals surface area contributed by atoms with Gasteiger partial charge in [0.2, 0.25) is 0 Å². The van der Waals surface area contributed by atoms with Crippen LogP contribution in [0.1, 0.15) is 22.3 Å². The summed E-state index contributed by atoms with van der Waals surface area (Å²) in [5.41, 5.74) is 4.11. The van der Waals surface area contributed by atoms with Gasteiger partial charge in [-0.1, -0.05) is 72.5 Å². The molecule has 0 bridgehead atoms. The Hall–Kier alpha value is -3.70. The molecule has 0 amide bonds. The lowest BCUT2D eigenvalue weighted by molar-refractivity contribution is 0.414. The van der Waals surface area contributed by atoms with Crippen LogP contribution in [0, 0.1) is 11.8 Å². The number of rotatable bonds is 4. The van der Waals surface area contributed by atoms with Gasteiger partial charge >= 0.3 is 0 Å². The van der Waals surface area contributed by atoms with E-state index in [1.165, 1.54) is 5.56 Å². The zero-order chi connectivity index (χ0) is 20.1. The summed E-state index contributed by atoms with van der Waals surface area (Å²) in [4.78, 5) is 0. The van der Waals surface area contributed by atoms with Crippen molar-refractivity contribution in [1.82, 2.24) is 0 Å². The van der Waals surface area contributed by atoms with Crippen LogP contribution in [0.2, 0.25) is 0 Å². The molecule has 0 aliphatic carbocycles. The van der Waals surface area contributed by atoms with Crippen molar-refractivity contribution in [2.24, 2.45) is 0 Å². The first kappa shape index (κ1) is 18.7. The summed E-state index contributed by atoms with van der Waals surface area (Å²) in [6.45, 7) is 0. The molecular formula is C27H22O2. The molecule has 142 valence electrons. The number of methoxy groups -OCH3 is 1. The number of phenols is 1. The second-order valence-corrected chi connectivity index (χ2v) is 7.00. The average molecular weight is 378 g/mol. The third-order valence-electron chi connectivity index (χ3n) is 4.97. The van der Waals surface area contributed by atoms with E-state index in [2.05, 4.69) is 30.0 Å². The van der Waals surface area contributed by atoms with E-state index in [1.807, 2.05) is 66.7 Å². The maximum Gasteiger partial charge on any atom is 0.126 e. The molecule has 2 nitrogen and oxygen atoms in total. The quantitative estimate of drug-likeness (QED) is 0.459. The number of fused-ring (bicyclic) bond motifs is 1. The lowest BCUT2D eigenvalue weighted by Crippen LogP contribution is -1.90. The van der Waals surface area contributed by atoms with Crippen molar-refractivity contribution in [1.29, 1.82) is 0 Å². The van der Waals surface area contributed by atoms with E-state index < -0.39 is 0 Å². The molecule has 0 saturated heterocycles. The Labute approximate surface area is 171 Å². The van der Waals surface area contributed by atoms with E-state index in [4.69, 9.17) is 4.74 Å². The first-order valence-corrected chi connectivity index (χ1v) is 9.63. The molecule has 0 radical (unpaired) electrons. The Bertz CT molecular complexity index is 1200. The van der Waals surface area contributed by atoms with Crippen molar-refractivity contribution in [2.45, 2.75) is 12.8 Å². The topological polar surface area (TPSA) is 29.5 Å². The van der Waals surface area contributed by atoms with Crippen LogP contribution in [0.25, 0.3) is 10.8 Å². The molecule has 0 saturated carbocycles. The molecule has 0 unspecified atom stereocenters. The fourth-order valence-corrected chi connectivity index (χ4v) is 3.42. The highest BCUT2D eigenvalue weighted by Crippen LogP contribution is 2.31. The third-order valence-corrected chi connectivity index (χ3v) is 4.97. The van der Waals surface area contributed by atoms with Crippen LogP contribution in [0.5, 0.6) is 11.5 Å². The molecule has 4 rings (SSSR count). The van der Waals surface area contributed by atoms with Crippen molar-refractivity contribution < 1.29 is 9.84 Å². The van der Waals surface area contributed by atoms with Crippen molar-refractivity contribution in [2.75, 3.05) is 7.11 Å². The molecule has 0 aliphatic heterocycles. The predicted molar refractivity (Wildman–Crippen MR) is 118 cm³/mol. The third kappa shape index (κ3) is 4.42. The number of benzene rings is 4. The highest BCUT2D eigenvalue weighted by atomic mass is 16.5. The predicted octanol–water partition coefficient (Wildman–Crippen LogP) is 5.74. The van der Waals surface area contributed by atoms with Crippen molar-refractivity contribution >= 4 is 10.8 Å². The second kappa shape index (κ2) is 8.54. The summed E-state index contributed by atoms with van der Waals surface area (Å²) in [7, 11) is 1.67. The van der Waals surface area contributed by atoms with Crippen LogP contribution in [-0.4, -0.2) is 12.2 Å². The van der Waals surface area contributed by atoms with E-state index in [9.17, 15) is 5.11 Å². The van der Waals surface area contributed by atoms with Gasteiger partial charge in [0.25, 0.3) is 0 Å². The monoisotopic (exact) mass is 378 g/mol. The summed E-state index contributed by atoms with van der Waals surface area (Å²) in [6.07, 6.45) is 1.35. The van der Waals surface area contributed by atoms with E-state index in [0.717, 1.165) is 33.2 Å². The summed E-state index contributed by atoms with van der Waals surface area (Å²) in [6, 6.07) is 28.1. The largest absolute Gasteiger partial charge is 0.507 e. The van der Waals surface area contributed by atoms with Gasteiger partial charge < -0.3 is 9.84 Å². The van der Waals surface area contributed by atoms with E-state index in [1.54, 1.807) is 7.11 Å². The van der Waals surface area contributed by atoms with Crippen LogP contribution in [0.15, 0.2) is 84.9 Å². The Balaban J connectivity index is 1.59. The summed E-state index contributed by atoms with van der Waals surface area (Å²) in [5, 5.41) is 12.7. The molecule has 0 spiro atoms. The molecule has 0 aromatic heterocycles. The first-order chi connectivity index (χ1) is 14.2. The number of hydrogen-bond acceptors (Lipinski definition) is 2. The van der Waals surface area contributed by atoms with Crippen LogP contribution in [0.4, 0.5) is 0 Å². The summed E-state index contributed by atoms with van der Waals surface area (Å²) < 4.78 is 5.26. The Morgan fingerprint density at radius 1 is 0.828 bits per heavy atom. The molecule has 2 heteroatoms. The highest BCUT2D eigenvalue weighted by molar-refractivity contribution is 5.90. The lowest BCUT2D eigenvalue weighted by Gasteiger charge is -2.09. The number of aromatic hydroxyl groups is 1. The fraction of sp³-hybridized carbons (Fsp3) is 0.111. The van der Waals surface area contributed by atoms with Gasteiger partial charge in [-0.25, -0.2) is 0 Å². The first-order valence-electron chi connectivity index (χ1n) is 9.63. The maximum atomic E-state index is 10.8. The summed E-state index contributed by atoms with van der Waals surface area (Å²) in [5.74, 6) is 7.61. The van der Waals surface area contributed by atoms with Gasteiger partial charge in [-0.3, -0.25) is 0 Å². The molecule has 4 aromatic carbocycles. The van der Waals surface area contributed by atoms with Gasteiger partial charge in [0.15, 0.2) is 0 Å². The van der Waals surface area contributed by atoms with Gasteiger partial charge in [-0.05, 0) is 46.3 Å². The van der Waals surface area contributed by atoms with Gasteiger partial charge in [0, 0.05) is 23.8 Å². The van der Waals surface area contributed by atoms with E-state index in [0.29, 0.717) is 18.6 Å². The van der Waals surface area contributed by atoms with Crippen LogP contribution in [0.3, 0.4) is 0 Å². The molecule has 0 heterocycles. The molecule has 0 aliphatic rings. The zero-order valence-corrected chi connectivity index (χ0v) is 16.4. The van der Waals surface area contributed by atoms with Crippen molar-refractivity contribution in [3.05, 3.63) is 107 Å². The lowest BCUT2D eigenvalue weighted by atomic mass is 9.98. The summed E-state index contributed by atoms with van der Waals surface area (Å²) >= 11 is 0. The van der Waals surface area contributed by atoms with Gasteiger partial charge in [-0.2, -0.15) is 0 Å². The Kier molecular flexibility index (Phi) is 5.49.